The predicted octanol–water partition coefficient (Wildman–Crippen LogP) is 3.89. The van der Waals surface area contributed by atoms with Crippen molar-refractivity contribution in [1.82, 2.24) is 0 Å². The van der Waals surface area contributed by atoms with Gasteiger partial charge in [-0.1, -0.05) is 24.3 Å². The van der Waals surface area contributed by atoms with Gasteiger partial charge in [-0.15, -0.1) is 0 Å². The van der Waals surface area contributed by atoms with Gasteiger partial charge < -0.3 is 4.74 Å². The summed E-state index contributed by atoms with van der Waals surface area (Å²) < 4.78 is 5.14. The number of hydrogen-bond acceptors (Lipinski definition) is 2. The molecule has 0 atom stereocenters. The smallest absolute Gasteiger partial charge is 0.418 e. The molecule has 4 heterocycles. The predicted molar refractivity (Wildman–Crippen MR) is 74.9 cm³/mol. The van der Waals surface area contributed by atoms with Crippen molar-refractivity contribution in [3.05, 3.63) is 59.7 Å². The first kappa shape index (κ1) is 11.8. The molecule has 0 aliphatic carbocycles. The molecule has 0 radical (unpaired) electrons. The van der Waals surface area contributed by atoms with Gasteiger partial charge in [-0.05, 0) is 48.7 Å². The third-order valence-electron chi connectivity index (χ3n) is 3.25. The van der Waals surface area contributed by atoms with E-state index in [2.05, 4.69) is 24.3 Å². The van der Waals surface area contributed by atoms with E-state index < -0.39 is 0 Å². The molecule has 0 aromatic heterocycles. The molecule has 0 saturated heterocycles. The number of anilines is 2. The van der Waals surface area contributed by atoms with Crippen LogP contribution in [0.3, 0.4) is 0 Å². The summed E-state index contributed by atoms with van der Waals surface area (Å²) in [6, 6.07) is 16.1. The largest absolute Gasteiger partial charge is 0.449 e. The van der Waals surface area contributed by atoms with E-state index >= 15 is 0 Å². The Morgan fingerprint density at radius 1 is 1.00 bits per heavy atom. The number of benzene rings is 2. The quantitative estimate of drug-likeness (QED) is 0.771. The summed E-state index contributed by atoms with van der Waals surface area (Å²) in [5.74, 6) is 0. The Kier molecular flexibility index (Phi) is 2.95. The lowest BCUT2D eigenvalue weighted by Gasteiger charge is -2.23. The van der Waals surface area contributed by atoms with Crippen molar-refractivity contribution < 1.29 is 9.53 Å². The fourth-order valence-electron chi connectivity index (χ4n) is 2.31. The van der Waals surface area contributed by atoms with Crippen molar-refractivity contribution in [3.63, 3.8) is 0 Å². The Morgan fingerprint density at radius 3 is 1.89 bits per heavy atom. The summed E-state index contributed by atoms with van der Waals surface area (Å²) >= 11 is 0. The summed E-state index contributed by atoms with van der Waals surface area (Å²) in [6.07, 6.45) is 0.573. The van der Waals surface area contributed by atoms with E-state index in [1.165, 1.54) is 11.1 Å². The molecule has 0 unspecified atom stereocenters. The molecule has 3 heteroatoms. The maximum atomic E-state index is 12.1. The van der Waals surface area contributed by atoms with Crippen LogP contribution >= 0.6 is 0 Å². The van der Waals surface area contributed by atoms with Gasteiger partial charge in [-0.3, -0.25) is 0 Å². The molecule has 2 aromatic carbocycles. The monoisotopic (exact) mass is 253 g/mol. The van der Waals surface area contributed by atoms with Gasteiger partial charge in [0.15, 0.2) is 0 Å². The summed E-state index contributed by atoms with van der Waals surface area (Å²) in [7, 11) is 0. The molecule has 2 aromatic rings. The highest BCUT2D eigenvalue weighted by Gasteiger charge is 2.20. The molecular formula is C16H15NO2. The summed E-state index contributed by atoms with van der Waals surface area (Å²) in [4.78, 5) is 13.7. The Balaban J connectivity index is 2.12. The molecule has 96 valence electrons. The van der Waals surface area contributed by atoms with Gasteiger partial charge in [0.05, 0.1) is 18.0 Å². The minimum atomic E-state index is -0.344. The van der Waals surface area contributed by atoms with E-state index in [4.69, 9.17) is 4.74 Å². The fourth-order valence-corrected chi connectivity index (χ4v) is 2.31. The van der Waals surface area contributed by atoms with Crippen LogP contribution in [-0.2, 0) is 11.2 Å². The lowest BCUT2D eigenvalue weighted by Crippen LogP contribution is -2.27. The molecule has 0 N–H and O–H groups in total. The topological polar surface area (TPSA) is 29.5 Å². The molecule has 1 amide bonds. The van der Waals surface area contributed by atoms with Crippen LogP contribution in [-0.4, -0.2) is 12.7 Å². The lowest BCUT2D eigenvalue weighted by molar-refractivity contribution is 0.162. The van der Waals surface area contributed by atoms with Gasteiger partial charge in [0.25, 0.3) is 0 Å². The maximum absolute atomic E-state index is 12.1. The van der Waals surface area contributed by atoms with Crippen LogP contribution < -0.4 is 4.90 Å². The fraction of sp³-hybridized carbons (Fsp3) is 0.188. The number of ether oxygens (including phenoxy) is 1. The zero-order valence-corrected chi connectivity index (χ0v) is 10.8. The second-order valence-electron chi connectivity index (χ2n) is 4.54. The first-order chi connectivity index (χ1) is 9.28. The summed E-state index contributed by atoms with van der Waals surface area (Å²) in [5.41, 5.74) is 4.14. The highest BCUT2D eigenvalue weighted by atomic mass is 16.6. The molecular weight excluding hydrogens is 238 g/mol. The first-order valence-electron chi connectivity index (χ1n) is 6.42. The van der Waals surface area contributed by atoms with E-state index in [1.54, 1.807) is 4.90 Å². The average molecular weight is 253 g/mol. The highest BCUT2D eigenvalue weighted by molar-refractivity contribution is 5.96. The van der Waals surface area contributed by atoms with E-state index in [0.29, 0.717) is 6.61 Å². The summed E-state index contributed by atoms with van der Waals surface area (Å²) in [6.45, 7) is 2.18. The minimum absolute atomic E-state index is 0.344. The molecule has 3 nitrogen and oxygen atoms in total. The molecule has 0 saturated carbocycles. The Bertz CT molecular complexity index is 542. The standard InChI is InChI=1S/C16H15NO2/c1-2-19-16(18)17-14-7-3-12(4-8-14)11-13-5-9-15(17)10-6-13/h3-10H,2,11H2,1H3. The Morgan fingerprint density at radius 2 is 1.47 bits per heavy atom. The van der Waals surface area contributed by atoms with Crippen molar-refractivity contribution in [3.8, 4) is 0 Å². The third kappa shape index (κ3) is 2.19. The number of carbonyl (C=O) groups excluding carboxylic acids is 1. The van der Waals surface area contributed by atoms with Crippen LogP contribution in [0.25, 0.3) is 0 Å². The van der Waals surface area contributed by atoms with Crippen molar-refractivity contribution in [2.45, 2.75) is 13.3 Å². The number of carbonyl (C=O) groups is 1. The van der Waals surface area contributed by atoms with Crippen molar-refractivity contribution in [2.24, 2.45) is 0 Å². The number of hydrogen-bond donors (Lipinski definition) is 0. The van der Waals surface area contributed by atoms with Gasteiger partial charge in [0.1, 0.15) is 0 Å². The van der Waals surface area contributed by atoms with Crippen LogP contribution in [0.15, 0.2) is 48.5 Å². The van der Waals surface area contributed by atoms with Crippen LogP contribution in [0.5, 0.6) is 0 Å². The average Bonchev–Trinajstić information content (AvgIpc) is 2.45. The number of rotatable bonds is 1. The zero-order chi connectivity index (χ0) is 13.2. The lowest BCUT2D eigenvalue weighted by atomic mass is 10.0. The highest BCUT2D eigenvalue weighted by Crippen LogP contribution is 2.29. The van der Waals surface area contributed by atoms with Crippen molar-refractivity contribution in [2.75, 3.05) is 11.5 Å². The second kappa shape index (κ2) is 4.76. The Labute approximate surface area is 112 Å². The second-order valence-corrected chi connectivity index (χ2v) is 4.54. The van der Waals surface area contributed by atoms with Gasteiger partial charge in [0.2, 0.25) is 0 Å². The van der Waals surface area contributed by atoms with E-state index in [-0.39, 0.29) is 6.09 Å². The minimum Gasteiger partial charge on any atom is -0.449 e. The molecule has 19 heavy (non-hydrogen) atoms. The van der Waals surface area contributed by atoms with Gasteiger partial charge >= 0.3 is 6.09 Å². The van der Waals surface area contributed by atoms with Crippen LogP contribution in [0.4, 0.5) is 16.2 Å². The van der Waals surface area contributed by atoms with Crippen LogP contribution in [0, 0.1) is 0 Å². The normalized spacial score (nSPS) is 12.6. The zero-order valence-electron chi connectivity index (χ0n) is 10.8. The third-order valence-corrected chi connectivity index (χ3v) is 3.25. The molecule has 4 bridgehead atoms. The first-order valence-corrected chi connectivity index (χ1v) is 6.42. The van der Waals surface area contributed by atoms with Gasteiger partial charge in [-0.25, -0.2) is 9.69 Å². The van der Waals surface area contributed by atoms with Crippen LogP contribution in [0.2, 0.25) is 0 Å². The number of nitrogens with zero attached hydrogens (tertiary/aromatic N) is 1. The summed E-state index contributed by atoms with van der Waals surface area (Å²) in [5, 5.41) is 0. The SMILES string of the molecule is CCOC(=O)N1c2ccc(cc2)Cc2ccc1cc2. The van der Waals surface area contributed by atoms with E-state index in [0.717, 1.165) is 17.8 Å². The van der Waals surface area contributed by atoms with Gasteiger partial charge in [-0.2, -0.15) is 0 Å². The molecule has 0 fully saturated rings. The Hall–Kier alpha value is -2.29. The molecule has 0 spiro atoms. The van der Waals surface area contributed by atoms with Crippen LogP contribution in [0.1, 0.15) is 18.1 Å². The maximum Gasteiger partial charge on any atom is 0.418 e. The molecule has 4 aliphatic heterocycles. The van der Waals surface area contributed by atoms with Crippen molar-refractivity contribution >= 4 is 17.5 Å². The number of amides is 1. The molecule has 6 rings (SSSR count). The van der Waals surface area contributed by atoms with Gasteiger partial charge in [0, 0.05) is 0 Å². The van der Waals surface area contributed by atoms with E-state index in [1.807, 2.05) is 31.2 Å². The van der Waals surface area contributed by atoms with E-state index in [9.17, 15) is 4.79 Å². The van der Waals surface area contributed by atoms with Crippen molar-refractivity contribution in [1.29, 1.82) is 0 Å². The molecule has 4 aliphatic rings.